The molecule has 0 atom stereocenters. The Balaban J connectivity index is 1.81. The van der Waals surface area contributed by atoms with E-state index in [1.165, 1.54) is 18.2 Å². The number of nitrogens with zero attached hydrogens (tertiary/aromatic N) is 1. The number of hydrogen-bond donors (Lipinski definition) is 0. The van der Waals surface area contributed by atoms with Crippen LogP contribution in [-0.4, -0.2) is 23.9 Å². The molecule has 1 aliphatic heterocycles. The lowest BCUT2D eigenvalue weighted by Gasteiger charge is -2.14. The minimum Gasteiger partial charge on any atom is -0.469 e. The van der Waals surface area contributed by atoms with Gasteiger partial charge in [-0.25, -0.2) is 0 Å². The Morgan fingerprint density at radius 3 is 2.33 bits per heavy atom. The van der Waals surface area contributed by atoms with Crippen molar-refractivity contribution in [2.24, 2.45) is 0 Å². The fourth-order valence-electron chi connectivity index (χ4n) is 2.15. The van der Waals surface area contributed by atoms with Crippen molar-refractivity contribution < 1.29 is 14.3 Å². The van der Waals surface area contributed by atoms with Crippen LogP contribution in [0.3, 0.4) is 0 Å². The molecule has 2 rings (SSSR count). The number of benzene rings is 1. The molecule has 1 heterocycles. The zero-order valence-corrected chi connectivity index (χ0v) is 10.5. The summed E-state index contributed by atoms with van der Waals surface area (Å²) < 4.78 is 4.54. The molecule has 0 fully saturated rings. The Morgan fingerprint density at radius 2 is 1.78 bits per heavy atom. The van der Waals surface area contributed by atoms with E-state index in [9.17, 15) is 9.59 Å². The van der Waals surface area contributed by atoms with Crippen molar-refractivity contribution in [3.8, 4) is 0 Å². The number of carbonyl (C=O) groups is 2. The normalized spacial score (nSPS) is 13.3. The number of rotatable bonds is 4. The molecule has 0 unspecified atom stereocenters. The van der Waals surface area contributed by atoms with Gasteiger partial charge in [0.15, 0.2) is 0 Å². The zero-order chi connectivity index (χ0) is 13.0. The summed E-state index contributed by atoms with van der Waals surface area (Å²) in [4.78, 5) is 24.7. The van der Waals surface area contributed by atoms with Crippen molar-refractivity contribution in [2.45, 2.75) is 32.4 Å². The van der Waals surface area contributed by atoms with Gasteiger partial charge in [-0.3, -0.25) is 9.59 Å². The molecule has 0 radical (unpaired) electrons. The van der Waals surface area contributed by atoms with Crippen molar-refractivity contribution >= 4 is 11.9 Å². The largest absolute Gasteiger partial charge is 0.469 e. The van der Waals surface area contributed by atoms with Gasteiger partial charge in [0.1, 0.15) is 0 Å². The van der Waals surface area contributed by atoms with Crippen LogP contribution >= 0.6 is 0 Å². The molecule has 96 valence electrons. The molecule has 18 heavy (non-hydrogen) atoms. The topological polar surface area (TPSA) is 46.6 Å². The summed E-state index contributed by atoms with van der Waals surface area (Å²) >= 11 is 0. The van der Waals surface area contributed by atoms with E-state index < -0.39 is 0 Å². The number of ether oxygens (including phenoxy) is 1. The number of hydrogen-bond acceptors (Lipinski definition) is 3. The highest BCUT2D eigenvalue weighted by molar-refractivity contribution is 5.77. The third-order valence-corrected chi connectivity index (χ3v) is 3.19. The van der Waals surface area contributed by atoms with E-state index in [1.54, 1.807) is 0 Å². The van der Waals surface area contributed by atoms with Crippen LogP contribution < -0.4 is 0 Å². The van der Waals surface area contributed by atoms with Gasteiger partial charge in [-0.2, -0.15) is 0 Å². The van der Waals surface area contributed by atoms with Gasteiger partial charge in [0.2, 0.25) is 5.91 Å². The van der Waals surface area contributed by atoms with Gasteiger partial charge < -0.3 is 9.64 Å². The highest BCUT2D eigenvalue weighted by atomic mass is 16.5. The first-order valence-electron chi connectivity index (χ1n) is 6.12. The minimum absolute atomic E-state index is 0.107. The molecule has 1 aliphatic rings. The summed E-state index contributed by atoms with van der Waals surface area (Å²) in [5.41, 5.74) is 2.44. The number of amides is 1. The Kier molecular flexibility index (Phi) is 3.97. The third kappa shape index (κ3) is 2.88. The molecule has 0 N–H and O–H groups in total. The summed E-state index contributed by atoms with van der Waals surface area (Å²) in [7, 11) is 1.36. The number of methoxy groups -OCH3 is 1. The second-order valence-corrected chi connectivity index (χ2v) is 4.45. The molecule has 1 aromatic carbocycles. The molecule has 0 aliphatic carbocycles. The van der Waals surface area contributed by atoms with Crippen LogP contribution in [-0.2, 0) is 27.4 Å². The Morgan fingerprint density at radius 1 is 1.17 bits per heavy atom. The van der Waals surface area contributed by atoms with E-state index in [0.29, 0.717) is 32.4 Å². The van der Waals surface area contributed by atoms with Crippen molar-refractivity contribution in [3.05, 3.63) is 35.4 Å². The maximum Gasteiger partial charge on any atom is 0.305 e. The molecule has 4 nitrogen and oxygen atoms in total. The van der Waals surface area contributed by atoms with E-state index in [-0.39, 0.29) is 11.9 Å². The van der Waals surface area contributed by atoms with E-state index in [4.69, 9.17) is 0 Å². The first-order valence-corrected chi connectivity index (χ1v) is 6.12. The third-order valence-electron chi connectivity index (χ3n) is 3.19. The number of esters is 1. The summed E-state index contributed by atoms with van der Waals surface area (Å²) in [5.74, 6) is -0.150. The zero-order valence-electron chi connectivity index (χ0n) is 10.5. The maximum atomic E-state index is 12.0. The Bertz CT molecular complexity index is 431. The molecule has 0 spiro atoms. The molecular formula is C14H17NO3. The smallest absolute Gasteiger partial charge is 0.305 e. The fraction of sp³-hybridized carbons (Fsp3) is 0.429. The fourth-order valence-corrected chi connectivity index (χ4v) is 2.15. The lowest BCUT2D eigenvalue weighted by molar-refractivity contribution is -0.140. The van der Waals surface area contributed by atoms with Crippen molar-refractivity contribution in [3.63, 3.8) is 0 Å². The lowest BCUT2D eigenvalue weighted by atomic mass is 10.1. The first-order chi connectivity index (χ1) is 8.70. The lowest BCUT2D eigenvalue weighted by Crippen LogP contribution is -2.25. The number of fused-ring (bicyclic) bond motifs is 1. The van der Waals surface area contributed by atoms with Gasteiger partial charge in [0, 0.05) is 25.9 Å². The van der Waals surface area contributed by atoms with E-state index >= 15 is 0 Å². The number of carbonyl (C=O) groups excluding carboxylic acids is 2. The molecule has 0 saturated carbocycles. The summed E-state index contributed by atoms with van der Waals surface area (Å²) in [6, 6.07) is 8.09. The standard InChI is InChI=1S/C14H17NO3/c1-18-14(17)8-4-7-13(16)15-9-11-5-2-3-6-12(11)10-15/h2-3,5-6H,4,7-10H2,1H3. The molecule has 1 amide bonds. The highest BCUT2D eigenvalue weighted by Gasteiger charge is 2.22. The van der Waals surface area contributed by atoms with Crippen LogP contribution in [0.5, 0.6) is 0 Å². The van der Waals surface area contributed by atoms with Crippen LogP contribution in [0.4, 0.5) is 0 Å². The SMILES string of the molecule is COC(=O)CCCC(=O)N1Cc2ccccc2C1. The van der Waals surface area contributed by atoms with Gasteiger partial charge in [-0.15, -0.1) is 0 Å². The van der Waals surface area contributed by atoms with Crippen LogP contribution in [0, 0.1) is 0 Å². The van der Waals surface area contributed by atoms with Crippen molar-refractivity contribution in [1.82, 2.24) is 4.90 Å². The van der Waals surface area contributed by atoms with Crippen molar-refractivity contribution in [2.75, 3.05) is 7.11 Å². The van der Waals surface area contributed by atoms with Crippen LogP contribution in [0.25, 0.3) is 0 Å². The van der Waals surface area contributed by atoms with Gasteiger partial charge in [-0.1, -0.05) is 24.3 Å². The average Bonchev–Trinajstić information content (AvgIpc) is 2.82. The van der Waals surface area contributed by atoms with Gasteiger partial charge in [0.25, 0.3) is 0 Å². The van der Waals surface area contributed by atoms with E-state index in [2.05, 4.69) is 16.9 Å². The summed E-state index contributed by atoms with van der Waals surface area (Å²) in [5, 5.41) is 0. The molecule has 4 heteroatoms. The van der Waals surface area contributed by atoms with Crippen LogP contribution in [0.2, 0.25) is 0 Å². The molecule has 0 saturated heterocycles. The first kappa shape index (κ1) is 12.6. The highest BCUT2D eigenvalue weighted by Crippen LogP contribution is 2.23. The quantitative estimate of drug-likeness (QED) is 0.763. The Labute approximate surface area is 107 Å². The monoisotopic (exact) mass is 247 g/mol. The van der Waals surface area contributed by atoms with Gasteiger partial charge in [-0.05, 0) is 17.5 Å². The van der Waals surface area contributed by atoms with Crippen LogP contribution in [0.15, 0.2) is 24.3 Å². The summed E-state index contributed by atoms with van der Waals surface area (Å²) in [6.07, 6.45) is 1.27. The predicted octanol–water partition coefficient (Wildman–Crippen LogP) is 1.87. The Hall–Kier alpha value is -1.84. The summed E-state index contributed by atoms with van der Waals surface area (Å²) in [6.45, 7) is 1.38. The minimum atomic E-state index is -0.257. The van der Waals surface area contributed by atoms with Crippen LogP contribution in [0.1, 0.15) is 30.4 Å². The van der Waals surface area contributed by atoms with Gasteiger partial charge >= 0.3 is 5.97 Å². The molecule has 0 bridgehead atoms. The second kappa shape index (κ2) is 5.67. The molecule has 1 aromatic rings. The predicted molar refractivity (Wildman–Crippen MR) is 66.6 cm³/mol. The maximum absolute atomic E-state index is 12.0. The van der Waals surface area contributed by atoms with E-state index in [0.717, 1.165) is 0 Å². The van der Waals surface area contributed by atoms with E-state index in [1.807, 2.05) is 17.0 Å². The second-order valence-electron chi connectivity index (χ2n) is 4.45. The van der Waals surface area contributed by atoms with Gasteiger partial charge in [0.05, 0.1) is 7.11 Å². The van der Waals surface area contributed by atoms with Crippen molar-refractivity contribution in [1.29, 1.82) is 0 Å². The molecular weight excluding hydrogens is 230 g/mol. The average molecular weight is 247 g/mol. The molecule has 0 aromatic heterocycles.